The molecule has 2 aromatic rings. The molecule has 128 valence electrons. The monoisotopic (exact) mass is 331 g/mol. The van der Waals surface area contributed by atoms with Crippen LogP contribution >= 0.6 is 0 Å². The second-order valence-electron chi connectivity index (χ2n) is 5.38. The van der Waals surface area contributed by atoms with E-state index in [1.54, 1.807) is 18.2 Å². The molecule has 0 aliphatic rings. The lowest BCUT2D eigenvalue weighted by molar-refractivity contribution is 0.101. The molecule has 0 bridgehead atoms. The SMILES string of the molecule is C=C(C)c1ccccc1NC(=O)c1ccccc1C(F)F.CCC. The Morgan fingerprint density at radius 1 is 1.04 bits per heavy atom. The molecule has 0 saturated heterocycles. The zero-order valence-electron chi connectivity index (χ0n) is 14.3. The van der Waals surface area contributed by atoms with Gasteiger partial charge < -0.3 is 5.32 Å². The normalized spacial score (nSPS) is 9.92. The highest BCUT2D eigenvalue weighted by atomic mass is 19.3. The molecule has 0 heterocycles. The number of hydrogen-bond acceptors (Lipinski definition) is 1. The van der Waals surface area contributed by atoms with Gasteiger partial charge in [-0.2, -0.15) is 0 Å². The van der Waals surface area contributed by atoms with Crippen LogP contribution in [0.15, 0.2) is 55.1 Å². The second-order valence-corrected chi connectivity index (χ2v) is 5.38. The summed E-state index contributed by atoms with van der Waals surface area (Å²) in [4.78, 5) is 12.2. The van der Waals surface area contributed by atoms with E-state index in [1.807, 2.05) is 19.1 Å². The summed E-state index contributed by atoms with van der Waals surface area (Å²) in [5.74, 6) is -0.556. The Balaban J connectivity index is 0.000000891. The van der Waals surface area contributed by atoms with Gasteiger partial charge >= 0.3 is 0 Å². The van der Waals surface area contributed by atoms with Crippen molar-refractivity contribution in [2.24, 2.45) is 0 Å². The number of benzene rings is 2. The number of rotatable bonds is 4. The molecule has 0 radical (unpaired) electrons. The van der Waals surface area contributed by atoms with Gasteiger partial charge in [-0.25, -0.2) is 8.78 Å². The Morgan fingerprint density at radius 2 is 1.54 bits per heavy atom. The summed E-state index contributed by atoms with van der Waals surface area (Å²) in [6, 6.07) is 12.8. The number of hydrogen-bond donors (Lipinski definition) is 1. The van der Waals surface area contributed by atoms with Crippen LogP contribution < -0.4 is 5.32 Å². The molecule has 0 aliphatic carbocycles. The minimum absolute atomic E-state index is 0.0241. The summed E-state index contributed by atoms with van der Waals surface area (Å²) in [5, 5.41) is 2.67. The first-order valence-electron chi connectivity index (χ1n) is 7.85. The Hall–Kier alpha value is -2.49. The first-order chi connectivity index (χ1) is 11.4. The molecule has 0 atom stereocenters. The predicted octanol–water partition coefficient (Wildman–Crippen LogP) is 6.33. The Morgan fingerprint density at radius 3 is 2.08 bits per heavy atom. The molecule has 2 rings (SSSR count). The number of para-hydroxylation sites is 1. The van der Waals surface area contributed by atoms with E-state index < -0.39 is 12.3 Å². The van der Waals surface area contributed by atoms with E-state index in [4.69, 9.17) is 0 Å². The van der Waals surface area contributed by atoms with E-state index in [2.05, 4.69) is 25.7 Å². The van der Waals surface area contributed by atoms with Crippen molar-refractivity contribution in [1.82, 2.24) is 0 Å². The first-order valence-corrected chi connectivity index (χ1v) is 7.85. The van der Waals surface area contributed by atoms with Crippen LogP contribution in [-0.4, -0.2) is 5.91 Å². The van der Waals surface area contributed by atoms with Crippen LogP contribution in [0.2, 0.25) is 0 Å². The van der Waals surface area contributed by atoms with Crippen molar-refractivity contribution in [1.29, 1.82) is 0 Å². The maximum absolute atomic E-state index is 12.9. The standard InChI is InChI=1S/C17H15F2NO.C3H8/c1-11(2)12-7-5-6-10-15(12)20-17(21)14-9-4-3-8-13(14)16(18)19;1-3-2/h3-10,16H,1H2,2H3,(H,20,21);3H2,1-2H3. The zero-order valence-corrected chi connectivity index (χ0v) is 14.3. The minimum Gasteiger partial charge on any atom is -0.321 e. The van der Waals surface area contributed by atoms with Crippen molar-refractivity contribution in [3.63, 3.8) is 0 Å². The number of allylic oxidation sites excluding steroid dienone is 1. The number of halogens is 2. The van der Waals surface area contributed by atoms with E-state index in [-0.39, 0.29) is 11.1 Å². The third-order valence-electron chi connectivity index (χ3n) is 3.08. The Bertz CT molecular complexity index is 696. The summed E-state index contributed by atoms with van der Waals surface area (Å²) in [5.41, 5.74) is 1.82. The number of anilines is 1. The highest BCUT2D eigenvalue weighted by molar-refractivity contribution is 6.06. The van der Waals surface area contributed by atoms with Crippen LogP contribution in [0.5, 0.6) is 0 Å². The van der Waals surface area contributed by atoms with Gasteiger partial charge in [0.05, 0.1) is 0 Å². The van der Waals surface area contributed by atoms with Gasteiger partial charge in [0.1, 0.15) is 0 Å². The van der Waals surface area contributed by atoms with Gasteiger partial charge in [-0.05, 0) is 24.6 Å². The van der Waals surface area contributed by atoms with E-state index in [0.717, 1.165) is 11.1 Å². The lowest BCUT2D eigenvalue weighted by Gasteiger charge is -2.13. The molecule has 0 saturated carbocycles. The molecule has 24 heavy (non-hydrogen) atoms. The summed E-state index contributed by atoms with van der Waals surface area (Å²) in [6.45, 7) is 9.91. The van der Waals surface area contributed by atoms with Crippen LogP contribution in [-0.2, 0) is 0 Å². The third-order valence-corrected chi connectivity index (χ3v) is 3.08. The molecular weight excluding hydrogens is 308 g/mol. The van der Waals surface area contributed by atoms with Crippen LogP contribution in [0.1, 0.15) is 55.1 Å². The average Bonchev–Trinajstić information content (AvgIpc) is 2.55. The number of carbonyl (C=O) groups excluding carboxylic acids is 1. The minimum atomic E-state index is -2.69. The quantitative estimate of drug-likeness (QED) is 0.697. The summed E-state index contributed by atoms with van der Waals surface area (Å²) in [6.07, 6.45) is -1.44. The van der Waals surface area contributed by atoms with Crippen molar-refractivity contribution < 1.29 is 13.6 Å². The fraction of sp³-hybridized carbons (Fsp3) is 0.250. The lowest BCUT2D eigenvalue weighted by atomic mass is 10.0. The van der Waals surface area contributed by atoms with Crippen LogP contribution in [0.3, 0.4) is 0 Å². The molecule has 0 aliphatic heterocycles. The van der Waals surface area contributed by atoms with Gasteiger partial charge in [0, 0.05) is 22.4 Å². The van der Waals surface area contributed by atoms with Crippen LogP contribution in [0.4, 0.5) is 14.5 Å². The molecule has 0 unspecified atom stereocenters. The molecule has 1 amide bonds. The van der Waals surface area contributed by atoms with E-state index in [0.29, 0.717) is 5.69 Å². The molecule has 0 aromatic heterocycles. The number of carbonyl (C=O) groups is 1. The highest BCUT2D eigenvalue weighted by Crippen LogP contribution is 2.26. The first kappa shape index (κ1) is 19.6. The largest absolute Gasteiger partial charge is 0.321 e. The van der Waals surface area contributed by atoms with Crippen molar-refractivity contribution in [3.8, 4) is 0 Å². The number of alkyl halides is 2. The topological polar surface area (TPSA) is 29.1 Å². The summed E-state index contributed by atoms with van der Waals surface area (Å²) < 4.78 is 25.9. The van der Waals surface area contributed by atoms with E-state index >= 15 is 0 Å². The summed E-state index contributed by atoms with van der Waals surface area (Å²) >= 11 is 0. The molecule has 2 aromatic carbocycles. The smallest absolute Gasteiger partial charge is 0.264 e. The number of amides is 1. The van der Waals surface area contributed by atoms with Gasteiger partial charge in [0.15, 0.2) is 0 Å². The second kappa shape index (κ2) is 9.60. The highest BCUT2D eigenvalue weighted by Gasteiger charge is 2.18. The van der Waals surface area contributed by atoms with Gasteiger partial charge in [-0.1, -0.05) is 63.2 Å². The third kappa shape index (κ3) is 5.30. The van der Waals surface area contributed by atoms with E-state index in [1.165, 1.54) is 24.6 Å². The lowest BCUT2D eigenvalue weighted by Crippen LogP contribution is -2.15. The maximum atomic E-state index is 12.9. The van der Waals surface area contributed by atoms with Crippen molar-refractivity contribution >= 4 is 17.2 Å². The Labute approximate surface area is 142 Å². The molecule has 0 fully saturated rings. The molecule has 2 nitrogen and oxygen atoms in total. The van der Waals surface area contributed by atoms with Gasteiger partial charge in [0.25, 0.3) is 12.3 Å². The van der Waals surface area contributed by atoms with Gasteiger partial charge in [0.2, 0.25) is 0 Å². The van der Waals surface area contributed by atoms with Crippen molar-refractivity contribution in [2.75, 3.05) is 5.32 Å². The van der Waals surface area contributed by atoms with Crippen molar-refractivity contribution in [3.05, 3.63) is 71.8 Å². The molecule has 1 N–H and O–H groups in total. The van der Waals surface area contributed by atoms with Crippen molar-refractivity contribution in [2.45, 2.75) is 33.6 Å². The molecular formula is C20H23F2NO. The zero-order chi connectivity index (χ0) is 18.1. The number of nitrogens with one attached hydrogen (secondary N) is 1. The maximum Gasteiger partial charge on any atom is 0.264 e. The van der Waals surface area contributed by atoms with Gasteiger partial charge in [-0.3, -0.25) is 4.79 Å². The fourth-order valence-corrected chi connectivity index (χ4v) is 2.05. The van der Waals surface area contributed by atoms with Crippen LogP contribution in [0, 0.1) is 0 Å². The fourth-order valence-electron chi connectivity index (χ4n) is 2.05. The average molecular weight is 331 g/mol. The van der Waals surface area contributed by atoms with E-state index in [9.17, 15) is 13.6 Å². The Kier molecular flexibility index (Phi) is 7.83. The predicted molar refractivity (Wildman–Crippen MR) is 96.5 cm³/mol. The molecule has 4 heteroatoms. The van der Waals surface area contributed by atoms with Crippen LogP contribution in [0.25, 0.3) is 5.57 Å². The molecule has 0 spiro atoms. The van der Waals surface area contributed by atoms with Gasteiger partial charge in [-0.15, -0.1) is 0 Å². The summed E-state index contributed by atoms with van der Waals surface area (Å²) in [7, 11) is 0.